The molecule has 1 amide bonds. The Bertz CT molecular complexity index is 591. The zero-order valence-electron chi connectivity index (χ0n) is 10.7. The highest BCUT2D eigenvalue weighted by Crippen LogP contribution is 2.45. The number of para-hydroxylation sites is 1. The monoisotopic (exact) mass is 257 g/mol. The first kappa shape index (κ1) is 12.0. The number of unbranched alkanes of at least 4 members (excludes halogenated alkanes) is 1. The van der Waals surface area contributed by atoms with Crippen molar-refractivity contribution in [3.8, 4) is 0 Å². The minimum atomic E-state index is -1.12. The second kappa shape index (κ2) is 4.23. The lowest BCUT2D eigenvalue weighted by atomic mass is 9.81. The van der Waals surface area contributed by atoms with Crippen molar-refractivity contribution in [2.75, 3.05) is 5.32 Å². The first-order valence-electron chi connectivity index (χ1n) is 6.53. The Balaban J connectivity index is 2.13. The van der Waals surface area contributed by atoms with Gasteiger partial charge in [0, 0.05) is 29.3 Å². The van der Waals surface area contributed by atoms with Crippen LogP contribution in [-0.4, -0.2) is 17.5 Å². The molecule has 1 unspecified atom stereocenters. The van der Waals surface area contributed by atoms with E-state index >= 15 is 0 Å². The van der Waals surface area contributed by atoms with E-state index < -0.39 is 11.6 Å². The molecule has 2 aliphatic heterocycles. The van der Waals surface area contributed by atoms with Gasteiger partial charge in [0.15, 0.2) is 0 Å². The van der Waals surface area contributed by atoms with Gasteiger partial charge in [-0.2, -0.15) is 0 Å². The number of esters is 1. The number of fused-ring (bicyclic) bond motifs is 3. The second-order valence-corrected chi connectivity index (χ2v) is 4.91. The van der Waals surface area contributed by atoms with E-state index in [0.29, 0.717) is 12.0 Å². The van der Waals surface area contributed by atoms with E-state index in [1.54, 1.807) is 0 Å². The summed E-state index contributed by atoms with van der Waals surface area (Å²) in [5.74, 6) is -0.672. The SMILES string of the molecule is CCCCC12OC(=O)C=C1c1ccccc1NC2=O. The minimum Gasteiger partial charge on any atom is -0.441 e. The third-order valence-corrected chi connectivity index (χ3v) is 3.69. The zero-order chi connectivity index (χ0) is 13.5. The molecule has 1 aromatic rings. The van der Waals surface area contributed by atoms with E-state index in [-0.39, 0.29) is 5.91 Å². The van der Waals surface area contributed by atoms with Crippen LogP contribution in [0.15, 0.2) is 30.3 Å². The molecule has 0 radical (unpaired) electrons. The van der Waals surface area contributed by atoms with Gasteiger partial charge < -0.3 is 10.1 Å². The summed E-state index contributed by atoms with van der Waals surface area (Å²) in [5.41, 5.74) is 1.19. The third kappa shape index (κ3) is 1.67. The van der Waals surface area contributed by atoms with Crippen molar-refractivity contribution in [3.05, 3.63) is 35.9 Å². The average Bonchev–Trinajstić information content (AvgIpc) is 2.75. The summed E-state index contributed by atoms with van der Waals surface area (Å²) < 4.78 is 5.38. The summed E-state index contributed by atoms with van der Waals surface area (Å²) >= 11 is 0. The van der Waals surface area contributed by atoms with E-state index in [2.05, 4.69) is 5.32 Å². The molecule has 4 nitrogen and oxygen atoms in total. The molecule has 0 saturated carbocycles. The molecule has 0 aromatic heterocycles. The highest BCUT2D eigenvalue weighted by atomic mass is 16.6. The first-order chi connectivity index (χ1) is 9.17. The summed E-state index contributed by atoms with van der Waals surface area (Å²) in [7, 11) is 0. The normalized spacial score (nSPS) is 24.2. The molecule has 1 aromatic carbocycles. The lowest BCUT2D eigenvalue weighted by Crippen LogP contribution is -2.47. The first-order valence-corrected chi connectivity index (χ1v) is 6.53. The number of carbonyl (C=O) groups excluding carboxylic acids is 2. The van der Waals surface area contributed by atoms with Crippen LogP contribution in [0, 0.1) is 0 Å². The fourth-order valence-corrected chi connectivity index (χ4v) is 2.73. The molecule has 0 bridgehead atoms. The molecule has 19 heavy (non-hydrogen) atoms. The number of nitrogens with one attached hydrogen (secondary N) is 1. The Morgan fingerprint density at radius 3 is 2.84 bits per heavy atom. The number of rotatable bonds is 3. The van der Waals surface area contributed by atoms with Crippen molar-refractivity contribution < 1.29 is 14.3 Å². The van der Waals surface area contributed by atoms with Crippen molar-refractivity contribution in [3.63, 3.8) is 0 Å². The summed E-state index contributed by atoms with van der Waals surface area (Å²) in [6.07, 6.45) is 3.76. The molecule has 98 valence electrons. The maximum Gasteiger partial charge on any atom is 0.332 e. The lowest BCUT2D eigenvalue weighted by molar-refractivity contribution is -0.153. The zero-order valence-corrected chi connectivity index (χ0v) is 10.7. The van der Waals surface area contributed by atoms with E-state index in [0.717, 1.165) is 24.1 Å². The van der Waals surface area contributed by atoms with E-state index in [9.17, 15) is 9.59 Å². The molecule has 0 spiro atoms. The minimum absolute atomic E-state index is 0.239. The molecular weight excluding hydrogens is 242 g/mol. The Labute approximate surface area is 111 Å². The third-order valence-electron chi connectivity index (χ3n) is 3.69. The fourth-order valence-electron chi connectivity index (χ4n) is 2.73. The number of anilines is 1. The Hall–Kier alpha value is -2.10. The maximum atomic E-state index is 12.4. The van der Waals surface area contributed by atoms with Gasteiger partial charge in [-0.05, 0) is 12.5 Å². The lowest BCUT2D eigenvalue weighted by Gasteiger charge is -2.34. The smallest absolute Gasteiger partial charge is 0.332 e. The van der Waals surface area contributed by atoms with Gasteiger partial charge in [-0.1, -0.05) is 31.5 Å². The summed E-state index contributed by atoms with van der Waals surface area (Å²) in [6, 6.07) is 7.49. The van der Waals surface area contributed by atoms with Crippen molar-refractivity contribution in [2.24, 2.45) is 0 Å². The quantitative estimate of drug-likeness (QED) is 0.846. The van der Waals surface area contributed by atoms with Crippen LogP contribution in [-0.2, 0) is 14.3 Å². The van der Waals surface area contributed by atoms with Gasteiger partial charge in [0.25, 0.3) is 5.91 Å². The topological polar surface area (TPSA) is 55.4 Å². The Morgan fingerprint density at radius 1 is 1.26 bits per heavy atom. The maximum absolute atomic E-state index is 12.4. The van der Waals surface area contributed by atoms with Crippen molar-refractivity contribution in [1.29, 1.82) is 0 Å². The van der Waals surface area contributed by atoms with Gasteiger partial charge in [0.05, 0.1) is 0 Å². The van der Waals surface area contributed by atoms with E-state index in [1.807, 2.05) is 31.2 Å². The van der Waals surface area contributed by atoms with Crippen molar-refractivity contribution in [2.45, 2.75) is 31.8 Å². The predicted octanol–water partition coefficient (Wildman–Crippen LogP) is 2.51. The van der Waals surface area contributed by atoms with Gasteiger partial charge in [0.2, 0.25) is 5.60 Å². The van der Waals surface area contributed by atoms with Crippen LogP contribution >= 0.6 is 0 Å². The highest BCUT2D eigenvalue weighted by molar-refractivity contribution is 6.19. The molecule has 0 fully saturated rings. The van der Waals surface area contributed by atoms with Crippen LogP contribution in [0.25, 0.3) is 5.57 Å². The summed E-state index contributed by atoms with van der Waals surface area (Å²) in [4.78, 5) is 24.0. The molecule has 2 aliphatic rings. The number of ether oxygens (including phenoxy) is 1. The van der Waals surface area contributed by atoms with Crippen LogP contribution in [0.3, 0.4) is 0 Å². The molecule has 0 saturated heterocycles. The molecule has 3 rings (SSSR count). The van der Waals surface area contributed by atoms with Gasteiger partial charge in [-0.25, -0.2) is 4.79 Å². The van der Waals surface area contributed by atoms with Crippen LogP contribution in [0.4, 0.5) is 5.69 Å². The predicted molar refractivity (Wildman–Crippen MR) is 71.4 cm³/mol. The number of hydrogen-bond acceptors (Lipinski definition) is 3. The van der Waals surface area contributed by atoms with Crippen LogP contribution in [0.2, 0.25) is 0 Å². The van der Waals surface area contributed by atoms with Gasteiger partial charge in [0.1, 0.15) is 0 Å². The molecule has 1 atom stereocenters. The molecule has 2 heterocycles. The Kier molecular flexibility index (Phi) is 2.66. The largest absolute Gasteiger partial charge is 0.441 e. The molecule has 0 aliphatic carbocycles. The van der Waals surface area contributed by atoms with Crippen LogP contribution < -0.4 is 5.32 Å². The van der Waals surface area contributed by atoms with Crippen molar-refractivity contribution >= 4 is 23.1 Å². The summed E-state index contributed by atoms with van der Waals surface area (Å²) in [6.45, 7) is 2.05. The van der Waals surface area contributed by atoms with Gasteiger partial charge >= 0.3 is 5.97 Å². The standard InChI is InChI=1S/C15H15NO3/c1-2-3-8-15-11(9-13(17)19-15)10-6-4-5-7-12(10)16-14(15)18/h4-7,9H,2-3,8H2,1H3,(H,16,18). The molecule has 1 N–H and O–H groups in total. The van der Waals surface area contributed by atoms with E-state index in [1.165, 1.54) is 6.08 Å². The van der Waals surface area contributed by atoms with Crippen LogP contribution in [0.1, 0.15) is 31.7 Å². The second-order valence-electron chi connectivity index (χ2n) is 4.91. The number of amides is 1. The fraction of sp³-hybridized carbons (Fsp3) is 0.333. The summed E-state index contributed by atoms with van der Waals surface area (Å²) in [5, 5.41) is 2.84. The molecular formula is C15H15NO3. The Morgan fingerprint density at radius 2 is 2.05 bits per heavy atom. The van der Waals surface area contributed by atoms with Gasteiger partial charge in [-0.3, -0.25) is 4.79 Å². The molecule has 4 heteroatoms. The highest BCUT2D eigenvalue weighted by Gasteiger charge is 2.52. The number of hydrogen-bond donors (Lipinski definition) is 1. The average molecular weight is 257 g/mol. The number of benzene rings is 1. The number of carbonyl (C=O) groups is 2. The van der Waals surface area contributed by atoms with E-state index in [4.69, 9.17) is 4.74 Å². The van der Waals surface area contributed by atoms with Crippen LogP contribution in [0.5, 0.6) is 0 Å². The van der Waals surface area contributed by atoms with Crippen molar-refractivity contribution in [1.82, 2.24) is 0 Å². The van der Waals surface area contributed by atoms with Gasteiger partial charge in [-0.15, -0.1) is 0 Å².